The molecule has 0 radical (unpaired) electrons. The Bertz CT molecular complexity index is 1150. The van der Waals surface area contributed by atoms with Gasteiger partial charge in [0.2, 0.25) is 5.91 Å². The highest BCUT2D eigenvalue weighted by Gasteiger charge is 2.19. The highest BCUT2D eigenvalue weighted by molar-refractivity contribution is 6.31. The topological polar surface area (TPSA) is 96.6 Å². The van der Waals surface area contributed by atoms with Gasteiger partial charge in [0.1, 0.15) is 0 Å². The summed E-state index contributed by atoms with van der Waals surface area (Å²) in [5.41, 5.74) is 8.04. The normalized spacial score (nSPS) is 13.2. The van der Waals surface area contributed by atoms with Gasteiger partial charge in [-0.1, -0.05) is 29.8 Å². The molecule has 4 rings (SSSR count). The van der Waals surface area contributed by atoms with E-state index in [-0.39, 0.29) is 25.4 Å². The van der Waals surface area contributed by atoms with Gasteiger partial charge in [0, 0.05) is 36.3 Å². The third-order valence-electron chi connectivity index (χ3n) is 5.08. The summed E-state index contributed by atoms with van der Waals surface area (Å²) in [5, 5.41) is 0.459. The molecule has 9 heteroatoms. The van der Waals surface area contributed by atoms with E-state index in [4.69, 9.17) is 16.0 Å². The number of rotatable bonds is 5. The Morgan fingerprint density at radius 2 is 1.90 bits per heavy atom. The fourth-order valence-electron chi connectivity index (χ4n) is 3.66. The van der Waals surface area contributed by atoms with Crippen LogP contribution in [0, 0.1) is 0 Å². The van der Waals surface area contributed by atoms with Crippen molar-refractivity contribution < 1.29 is 14.0 Å². The number of aromatic nitrogens is 1. The number of amides is 2. The molecule has 0 fully saturated rings. The van der Waals surface area contributed by atoms with E-state index in [0.717, 1.165) is 25.1 Å². The Balaban J connectivity index is 1.29. The first-order chi connectivity index (χ1) is 14.5. The summed E-state index contributed by atoms with van der Waals surface area (Å²) in [7, 11) is 0. The number of anilines is 1. The third-order valence-corrected chi connectivity index (χ3v) is 5.31. The van der Waals surface area contributed by atoms with Crippen LogP contribution < -0.4 is 21.5 Å². The average molecular weight is 429 g/mol. The van der Waals surface area contributed by atoms with E-state index in [1.165, 1.54) is 10.1 Å². The molecule has 0 saturated heterocycles. The molecule has 2 heterocycles. The maximum atomic E-state index is 12.3. The standard InChI is InChI=1S/C21H21ClN4O4/c22-15-7-8-17-18(12-15)30-21(29)26(17)11-9-19(27)23-24-20(28)13-25-10-3-5-14-4-1-2-6-16(14)25/h1-2,4,6-8,12H,3,5,9-11,13H2,(H,23,27)(H,24,28). The summed E-state index contributed by atoms with van der Waals surface area (Å²) in [6, 6.07) is 12.9. The summed E-state index contributed by atoms with van der Waals surface area (Å²) in [4.78, 5) is 38.4. The molecule has 0 atom stereocenters. The van der Waals surface area contributed by atoms with Gasteiger partial charge < -0.3 is 9.32 Å². The second-order valence-electron chi connectivity index (χ2n) is 7.13. The van der Waals surface area contributed by atoms with Gasteiger partial charge in [0.05, 0.1) is 12.1 Å². The number of carbonyl (C=O) groups is 2. The van der Waals surface area contributed by atoms with Crippen molar-refractivity contribution in [1.82, 2.24) is 15.4 Å². The molecule has 2 amide bonds. The van der Waals surface area contributed by atoms with E-state index >= 15 is 0 Å². The number of benzene rings is 2. The largest absolute Gasteiger partial charge is 0.419 e. The third kappa shape index (κ3) is 4.33. The molecule has 8 nitrogen and oxygen atoms in total. The number of fused-ring (bicyclic) bond motifs is 2. The summed E-state index contributed by atoms with van der Waals surface area (Å²) < 4.78 is 6.50. The van der Waals surface area contributed by atoms with Crippen molar-refractivity contribution >= 4 is 40.2 Å². The number of hydrazine groups is 1. The number of nitrogens with one attached hydrogen (secondary N) is 2. The average Bonchev–Trinajstić information content (AvgIpc) is 3.05. The lowest BCUT2D eigenvalue weighted by molar-refractivity contribution is -0.128. The second-order valence-corrected chi connectivity index (χ2v) is 7.57. The minimum absolute atomic E-state index is 0.00396. The molecule has 0 unspecified atom stereocenters. The fraction of sp³-hybridized carbons (Fsp3) is 0.286. The Labute approximate surface area is 177 Å². The molecule has 1 aliphatic rings. The zero-order chi connectivity index (χ0) is 21.1. The zero-order valence-electron chi connectivity index (χ0n) is 16.2. The molecule has 0 saturated carbocycles. The molecule has 3 aromatic rings. The Morgan fingerprint density at radius 3 is 2.77 bits per heavy atom. The van der Waals surface area contributed by atoms with Crippen LogP contribution in [0.1, 0.15) is 18.4 Å². The van der Waals surface area contributed by atoms with Crippen molar-refractivity contribution in [2.75, 3.05) is 18.0 Å². The molecule has 0 aliphatic carbocycles. The predicted molar refractivity (Wildman–Crippen MR) is 113 cm³/mol. The molecule has 30 heavy (non-hydrogen) atoms. The van der Waals surface area contributed by atoms with Gasteiger partial charge in [-0.25, -0.2) is 4.79 Å². The Hall–Kier alpha value is -3.26. The minimum atomic E-state index is -0.562. The molecular weight excluding hydrogens is 408 g/mol. The summed E-state index contributed by atoms with van der Waals surface area (Å²) >= 11 is 5.90. The number of aryl methyl sites for hydroxylation is 2. The highest BCUT2D eigenvalue weighted by Crippen LogP contribution is 2.26. The molecule has 2 aromatic carbocycles. The van der Waals surface area contributed by atoms with E-state index in [2.05, 4.69) is 16.9 Å². The quantitative estimate of drug-likeness (QED) is 0.607. The fourth-order valence-corrected chi connectivity index (χ4v) is 3.82. The van der Waals surface area contributed by atoms with Crippen LogP contribution in [0.5, 0.6) is 0 Å². The minimum Gasteiger partial charge on any atom is -0.408 e. The van der Waals surface area contributed by atoms with Crippen molar-refractivity contribution in [2.45, 2.75) is 25.8 Å². The van der Waals surface area contributed by atoms with E-state index in [9.17, 15) is 14.4 Å². The van der Waals surface area contributed by atoms with Crippen molar-refractivity contribution in [1.29, 1.82) is 0 Å². The Morgan fingerprint density at radius 1 is 1.10 bits per heavy atom. The smallest absolute Gasteiger partial charge is 0.408 e. The lowest BCUT2D eigenvalue weighted by atomic mass is 10.0. The number of carbonyl (C=O) groups excluding carboxylic acids is 2. The van der Waals surface area contributed by atoms with Gasteiger partial charge in [-0.2, -0.15) is 0 Å². The molecule has 1 aromatic heterocycles. The van der Waals surface area contributed by atoms with E-state index in [1.807, 2.05) is 23.1 Å². The monoisotopic (exact) mass is 428 g/mol. The number of nitrogens with zero attached hydrogens (tertiary/aromatic N) is 2. The van der Waals surface area contributed by atoms with Crippen molar-refractivity contribution in [3.8, 4) is 0 Å². The molecule has 2 N–H and O–H groups in total. The first-order valence-corrected chi connectivity index (χ1v) is 10.1. The molecule has 1 aliphatic heterocycles. The molecule has 0 spiro atoms. The number of hydrogen-bond donors (Lipinski definition) is 2. The van der Waals surface area contributed by atoms with Crippen LogP contribution in [0.3, 0.4) is 0 Å². The second kappa shape index (κ2) is 8.62. The van der Waals surface area contributed by atoms with Crippen LogP contribution in [-0.2, 0) is 22.6 Å². The van der Waals surface area contributed by atoms with Crippen LogP contribution in [0.4, 0.5) is 5.69 Å². The lowest BCUT2D eigenvalue weighted by Crippen LogP contribution is -2.47. The van der Waals surface area contributed by atoms with Gasteiger partial charge >= 0.3 is 5.76 Å². The molecule has 0 bridgehead atoms. The van der Waals surface area contributed by atoms with Crippen LogP contribution in [0.25, 0.3) is 11.1 Å². The van der Waals surface area contributed by atoms with Gasteiger partial charge in [0.15, 0.2) is 5.58 Å². The first kappa shape index (κ1) is 20.0. The summed E-state index contributed by atoms with van der Waals surface area (Å²) in [5.74, 6) is -1.27. The maximum absolute atomic E-state index is 12.3. The zero-order valence-corrected chi connectivity index (χ0v) is 16.9. The van der Waals surface area contributed by atoms with E-state index < -0.39 is 11.7 Å². The van der Waals surface area contributed by atoms with E-state index in [0.29, 0.717) is 16.1 Å². The Kier molecular flexibility index (Phi) is 5.76. The van der Waals surface area contributed by atoms with Gasteiger partial charge in [-0.15, -0.1) is 0 Å². The van der Waals surface area contributed by atoms with Crippen molar-refractivity contribution in [3.05, 3.63) is 63.6 Å². The summed E-state index contributed by atoms with van der Waals surface area (Å²) in [6.45, 7) is 1.07. The van der Waals surface area contributed by atoms with E-state index in [1.54, 1.807) is 18.2 Å². The summed E-state index contributed by atoms with van der Waals surface area (Å²) in [6.07, 6.45) is 1.98. The van der Waals surface area contributed by atoms with Gasteiger partial charge in [-0.05, 0) is 36.6 Å². The van der Waals surface area contributed by atoms with Gasteiger partial charge in [0.25, 0.3) is 5.91 Å². The van der Waals surface area contributed by atoms with Crippen LogP contribution >= 0.6 is 11.6 Å². The van der Waals surface area contributed by atoms with Gasteiger partial charge in [-0.3, -0.25) is 25.0 Å². The van der Waals surface area contributed by atoms with Crippen LogP contribution in [0.15, 0.2) is 51.7 Å². The molecular formula is C21H21ClN4O4. The van der Waals surface area contributed by atoms with Crippen LogP contribution in [-0.4, -0.2) is 29.5 Å². The highest BCUT2D eigenvalue weighted by atomic mass is 35.5. The lowest BCUT2D eigenvalue weighted by Gasteiger charge is -2.30. The predicted octanol–water partition coefficient (Wildman–Crippen LogP) is 2.24. The maximum Gasteiger partial charge on any atom is 0.419 e. The van der Waals surface area contributed by atoms with Crippen LogP contribution in [0.2, 0.25) is 5.02 Å². The van der Waals surface area contributed by atoms with Crippen molar-refractivity contribution in [3.63, 3.8) is 0 Å². The number of halogens is 1. The SMILES string of the molecule is O=C(CCn1c(=O)oc2cc(Cl)ccc21)NNC(=O)CN1CCCc2ccccc21. The number of oxazole rings is 1. The number of hydrogen-bond acceptors (Lipinski definition) is 5. The number of para-hydroxylation sites is 1. The first-order valence-electron chi connectivity index (χ1n) is 9.71. The molecule has 156 valence electrons. The van der Waals surface area contributed by atoms with Crippen molar-refractivity contribution in [2.24, 2.45) is 0 Å².